The molecule has 1 saturated carbocycles. The van der Waals surface area contributed by atoms with E-state index in [2.05, 4.69) is 17.9 Å². The molecule has 3 nitrogen and oxygen atoms in total. The zero-order chi connectivity index (χ0) is 12.8. The second-order valence-corrected chi connectivity index (χ2v) is 5.82. The van der Waals surface area contributed by atoms with Crippen LogP contribution in [-0.2, 0) is 4.74 Å². The fourth-order valence-corrected chi connectivity index (χ4v) is 3.46. The highest BCUT2D eigenvalue weighted by Gasteiger charge is 2.40. The molecule has 1 heterocycles. The van der Waals surface area contributed by atoms with E-state index in [0.717, 1.165) is 19.6 Å². The topological polar surface area (TPSA) is 36.3 Å². The van der Waals surface area contributed by atoms with Crippen LogP contribution in [0.1, 0.15) is 58.3 Å². The second kappa shape index (κ2) is 6.54. The van der Waals surface area contributed by atoms with Gasteiger partial charge in [-0.25, -0.2) is 0 Å². The van der Waals surface area contributed by atoms with Crippen LogP contribution in [0.4, 0.5) is 0 Å². The van der Waals surface area contributed by atoms with Crippen molar-refractivity contribution >= 4 is 0 Å². The number of hydrogen-bond acceptors (Lipinski definition) is 3. The Kier molecular flexibility index (Phi) is 5.03. The van der Waals surface area contributed by atoms with Gasteiger partial charge in [0.25, 0.3) is 0 Å². The van der Waals surface area contributed by atoms with Crippen molar-refractivity contribution in [3.63, 3.8) is 0 Å². The Morgan fingerprint density at radius 2 is 2.06 bits per heavy atom. The summed E-state index contributed by atoms with van der Waals surface area (Å²) in [5, 5.41) is 8.66. The normalized spacial score (nSPS) is 26.6. The van der Waals surface area contributed by atoms with Crippen molar-refractivity contribution in [2.75, 3.05) is 19.6 Å². The van der Waals surface area contributed by atoms with Crippen molar-refractivity contribution in [1.29, 1.82) is 5.26 Å². The van der Waals surface area contributed by atoms with E-state index in [1.807, 2.05) is 0 Å². The van der Waals surface area contributed by atoms with Gasteiger partial charge < -0.3 is 9.64 Å². The first-order chi connectivity index (χ1) is 8.78. The maximum Gasteiger partial charge on any atom is 0.0710 e. The number of nitrogens with zero attached hydrogens (tertiary/aromatic N) is 2. The van der Waals surface area contributed by atoms with Crippen LogP contribution in [0.5, 0.6) is 0 Å². The van der Waals surface area contributed by atoms with Crippen molar-refractivity contribution < 1.29 is 4.74 Å². The van der Waals surface area contributed by atoms with Gasteiger partial charge in [-0.3, -0.25) is 0 Å². The van der Waals surface area contributed by atoms with E-state index in [1.165, 1.54) is 44.9 Å². The highest BCUT2D eigenvalue weighted by molar-refractivity contribution is 4.92. The molecule has 2 fully saturated rings. The number of ether oxygens (including phenoxy) is 1. The highest BCUT2D eigenvalue weighted by atomic mass is 16.5. The molecule has 102 valence electrons. The van der Waals surface area contributed by atoms with Gasteiger partial charge in [-0.15, -0.1) is 0 Å². The minimum Gasteiger partial charge on any atom is -0.370 e. The molecular weight excluding hydrogens is 224 g/mol. The van der Waals surface area contributed by atoms with Crippen molar-refractivity contribution in [1.82, 2.24) is 4.90 Å². The van der Waals surface area contributed by atoms with E-state index in [0.29, 0.717) is 12.5 Å². The maximum absolute atomic E-state index is 8.66. The van der Waals surface area contributed by atoms with Gasteiger partial charge in [-0.2, -0.15) is 5.26 Å². The van der Waals surface area contributed by atoms with Crippen molar-refractivity contribution in [2.24, 2.45) is 0 Å². The third-order valence-corrected chi connectivity index (χ3v) is 4.55. The van der Waals surface area contributed by atoms with E-state index in [9.17, 15) is 0 Å². The monoisotopic (exact) mass is 250 g/mol. The average molecular weight is 250 g/mol. The average Bonchev–Trinajstić information content (AvgIpc) is 2.78. The van der Waals surface area contributed by atoms with E-state index < -0.39 is 0 Å². The molecule has 0 aromatic heterocycles. The molecule has 0 radical (unpaired) electrons. The molecule has 1 aliphatic carbocycles. The molecule has 18 heavy (non-hydrogen) atoms. The van der Waals surface area contributed by atoms with Crippen LogP contribution >= 0.6 is 0 Å². The third kappa shape index (κ3) is 3.46. The molecular formula is C15H26N2O. The molecule has 0 N–H and O–H groups in total. The SMILES string of the molecule is CCN(CCC#N)CC1CCC2(CCCCC2)O1. The summed E-state index contributed by atoms with van der Waals surface area (Å²) in [6.45, 7) is 5.09. The standard InChI is InChI=1S/C15H26N2O/c1-2-17(12-6-11-16)13-14-7-10-15(18-14)8-4-3-5-9-15/h14H,2-10,12-13H2,1H3. The minimum absolute atomic E-state index is 0.234. The highest BCUT2D eigenvalue weighted by Crippen LogP contribution is 2.41. The van der Waals surface area contributed by atoms with Gasteiger partial charge in [-0.1, -0.05) is 26.2 Å². The molecule has 2 rings (SSSR count). The first kappa shape index (κ1) is 13.8. The molecule has 1 atom stereocenters. The van der Waals surface area contributed by atoms with Crippen LogP contribution in [0.3, 0.4) is 0 Å². The fourth-order valence-electron chi connectivity index (χ4n) is 3.46. The van der Waals surface area contributed by atoms with Gasteiger partial charge in [0, 0.05) is 19.5 Å². The summed E-state index contributed by atoms with van der Waals surface area (Å²) in [5.41, 5.74) is 0.234. The number of hydrogen-bond donors (Lipinski definition) is 0. The minimum atomic E-state index is 0.234. The van der Waals surface area contributed by atoms with E-state index in [1.54, 1.807) is 0 Å². The quantitative estimate of drug-likeness (QED) is 0.752. The van der Waals surface area contributed by atoms with E-state index in [-0.39, 0.29) is 5.60 Å². The van der Waals surface area contributed by atoms with Crippen LogP contribution in [-0.4, -0.2) is 36.2 Å². The molecule has 2 aliphatic rings. The van der Waals surface area contributed by atoms with Gasteiger partial charge in [0.2, 0.25) is 0 Å². The Labute approximate surface area is 111 Å². The summed E-state index contributed by atoms with van der Waals surface area (Å²) in [5.74, 6) is 0. The zero-order valence-electron chi connectivity index (χ0n) is 11.7. The molecule has 1 aliphatic heterocycles. The smallest absolute Gasteiger partial charge is 0.0710 e. The molecule has 0 amide bonds. The Balaban J connectivity index is 1.79. The second-order valence-electron chi connectivity index (χ2n) is 5.82. The first-order valence-electron chi connectivity index (χ1n) is 7.55. The van der Waals surface area contributed by atoms with Crippen LogP contribution in [0.2, 0.25) is 0 Å². The fraction of sp³-hybridized carbons (Fsp3) is 0.933. The summed E-state index contributed by atoms with van der Waals surface area (Å²) in [6, 6.07) is 2.23. The summed E-state index contributed by atoms with van der Waals surface area (Å²) >= 11 is 0. The lowest BCUT2D eigenvalue weighted by atomic mass is 9.83. The van der Waals surface area contributed by atoms with Crippen LogP contribution in [0, 0.1) is 11.3 Å². The number of rotatable bonds is 5. The third-order valence-electron chi connectivity index (χ3n) is 4.55. The molecule has 1 unspecified atom stereocenters. The lowest BCUT2D eigenvalue weighted by molar-refractivity contribution is -0.0713. The number of nitriles is 1. The van der Waals surface area contributed by atoms with Gasteiger partial charge in [-0.05, 0) is 32.2 Å². The Bertz CT molecular complexity index is 291. The molecule has 0 aromatic carbocycles. The lowest BCUT2D eigenvalue weighted by Gasteiger charge is -2.34. The first-order valence-corrected chi connectivity index (χ1v) is 7.55. The largest absolute Gasteiger partial charge is 0.370 e. The van der Waals surface area contributed by atoms with Gasteiger partial charge in [0.05, 0.1) is 17.8 Å². The maximum atomic E-state index is 8.66. The number of likely N-dealkylation sites (N-methyl/N-ethyl adjacent to an activating group) is 1. The predicted molar refractivity (Wildman–Crippen MR) is 72.3 cm³/mol. The van der Waals surface area contributed by atoms with E-state index in [4.69, 9.17) is 10.00 Å². The van der Waals surface area contributed by atoms with Gasteiger partial charge in [0.15, 0.2) is 0 Å². The van der Waals surface area contributed by atoms with Crippen LogP contribution in [0.15, 0.2) is 0 Å². The molecule has 1 saturated heterocycles. The Hall–Kier alpha value is -0.590. The summed E-state index contributed by atoms with van der Waals surface area (Å²) in [7, 11) is 0. The summed E-state index contributed by atoms with van der Waals surface area (Å²) in [4.78, 5) is 2.36. The van der Waals surface area contributed by atoms with Crippen LogP contribution < -0.4 is 0 Å². The molecule has 0 bridgehead atoms. The van der Waals surface area contributed by atoms with Crippen molar-refractivity contribution in [3.05, 3.63) is 0 Å². The molecule has 0 aromatic rings. The molecule has 1 spiro atoms. The van der Waals surface area contributed by atoms with E-state index >= 15 is 0 Å². The van der Waals surface area contributed by atoms with Gasteiger partial charge >= 0.3 is 0 Å². The zero-order valence-corrected chi connectivity index (χ0v) is 11.7. The lowest BCUT2D eigenvalue weighted by Crippen LogP contribution is -2.36. The Morgan fingerprint density at radius 1 is 1.28 bits per heavy atom. The predicted octanol–water partition coefficient (Wildman–Crippen LogP) is 3.10. The molecule has 3 heteroatoms. The Morgan fingerprint density at radius 3 is 2.72 bits per heavy atom. The summed E-state index contributed by atoms with van der Waals surface area (Å²) < 4.78 is 6.38. The summed E-state index contributed by atoms with van der Waals surface area (Å²) in [6.07, 6.45) is 10.1. The van der Waals surface area contributed by atoms with Crippen molar-refractivity contribution in [2.45, 2.75) is 70.0 Å². The van der Waals surface area contributed by atoms with Crippen molar-refractivity contribution in [3.8, 4) is 6.07 Å². The van der Waals surface area contributed by atoms with Gasteiger partial charge in [0.1, 0.15) is 0 Å². The van der Waals surface area contributed by atoms with Crippen LogP contribution in [0.25, 0.3) is 0 Å².